The van der Waals surface area contributed by atoms with Gasteiger partial charge in [0.1, 0.15) is 5.52 Å². The maximum atomic E-state index is 13.5. The molecular formula is C33H55ClN4O5. The largest absolute Gasteiger partial charge is 0.436 e. The summed E-state index contributed by atoms with van der Waals surface area (Å²) in [6.45, 7) is 10.8. The smallest absolute Gasteiger partial charge is 0.306 e. The summed E-state index contributed by atoms with van der Waals surface area (Å²) < 4.78 is 0. The summed E-state index contributed by atoms with van der Waals surface area (Å²) in [7, 11) is 0. The number of benzene rings is 1. The Morgan fingerprint density at radius 3 is 1.42 bits per heavy atom. The molecule has 2 aromatic rings. The number of amides is 2. The number of fused-ring (bicyclic) bond motifs is 1. The molecule has 1 aromatic carbocycles. The van der Waals surface area contributed by atoms with Gasteiger partial charge in [0.2, 0.25) is 0 Å². The molecule has 0 radical (unpaired) electrons. The average Bonchev–Trinajstić information content (AvgIpc) is 3.24. The first kappa shape index (κ1) is 36.5. The van der Waals surface area contributed by atoms with Gasteiger partial charge in [0.25, 0.3) is 0 Å². The number of aromatic nitrogens is 2. The number of carbonyl (C=O) groups is 2. The molecule has 0 fully saturated rings. The zero-order valence-electron chi connectivity index (χ0n) is 27.1. The number of nitrogens with zero attached hydrogens (tertiary/aromatic N) is 4. The summed E-state index contributed by atoms with van der Waals surface area (Å²) in [4.78, 5) is 57.1. The Morgan fingerprint density at radius 1 is 0.628 bits per heavy atom. The standard InChI is InChI=1S/C33H55ClN4O5/c1-5-9-13-17-23-35(24-18-14-10-6-2)32(40)42-37-30-27-28(34)21-22-29(30)31(39)38(37)43-33(41)36(25-19-15-11-7-3)26-20-16-12-8-4/h21-22,27H,5-20,23-26H2,1-4H3. The van der Waals surface area contributed by atoms with Gasteiger partial charge in [-0.2, -0.15) is 0 Å². The van der Waals surface area contributed by atoms with Crippen molar-refractivity contribution in [3.8, 4) is 0 Å². The number of halogens is 1. The Balaban J connectivity index is 2.33. The van der Waals surface area contributed by atoms with Crippen LogP contribution in [0.4, 0.5) is 9.59 Å². The Hall–Kier alpha value is -2.68. The molecule has 0 bridgehead atoms. The van der Waals surface area contributed by atoms with Crippen LogP contribution in [-0.4, -0.2) is 57.9 Å². The van der Waals surface area contributed by atoms with Gasteiger partial charge in [-0.25, -0.2) is 9.59 Å². The summed E-state index contributed by atoms with van der Waals surface area (Å²) in [6.07, 6.45) is 15.0. The van der Waals surface area contributed by atoms with Crippen LogP contribution in [0.5, 0.6) is 0 Å². The quantitative estimate of drug-likeness (QED) is 0.123. The lowest BCUT2D eigenvalue weighted by Gasteiger charge is -2.24. The van der Waals surface area contributed by atoms with E-state index in [1.807, 2.05) is 0 Å². The minimum atomic E-state index is -0.641. The summed E-state index contributed by atoms with van der Waals surface area (Å²) in [5.74, 6) is 0. The minimum Gasteiger partial charge on any atom is -0.306 e. The lowest BCUT2D eigenvalue weighted by atomic mass is 10.2. The van der Waals surface area contributed by atoms with Crippen molar-refractivity contribution in [2.75, 3.05) is 26.2 Å². The highest BCUT2D eigenvalue weighted by molar-refractivity contribution is 6.31. The maximum Gasteiger partial charge on any atom is 0.436 e. The van der Waals surface area contributed by atoms with Gasteiger partial charge in [-0.15, -0.1) is 0 Å². The second-order valence-electron chi connectivity index (χ2n) is 11.4. The van der Waals surface area contributed by atoms with Crippen molar-refractivity contribution >= 4 is 34.7 Å². The Labute approximate surface area is 263 Å². The highest BCUT2D eigenvalue weighted by atomic mass is 35.5. The molecule has 0 aliphatic carbocycles. The number of hydrogen-bond donors (Lipinski definition) is 0. The highest BCUT2D eigenvalue weighted by Gasteiger charge is 2.25. The number of hydrogen-bond acceptors (Lipinski definition) is 5. The SMILES string of the molecule is CCCCCCN(CCCCCC)C(=O)On1c(=O)c2ccc(Cl)cc2n1OC(=O)N(CCCCCC)CCCCCC. The molecule has 0 atom stereocenters. The maximum absolute atomic E-state index is 13.5. The monoisotopic (exact) mass is 622 g/mol. The molecule has 2 amide bonds. The zero-order chi connectivity index (χ0) is 31.5. The molecule has 0 aliphatic rings. The zero-order valence-corrected chi connectivity index (χ0v) is 27.8. The van der Waals surface area contributed by atoms with Gasteiger partial charge in [0, 0.05) is 31.2 Å². The van der Waals surface area contributed by atoms with Gasteiger partial charge in [0.15, 0.2) is 0 Å². The van der Waals surface area contributed by atoms with Crippen molar-refractivity contribution < 1.29 is 19.3 Å². The minimum absolute atomic E-state index is 0.236. The molecule has 43 heavy (non-hydrogen) atoms. The Morgan fingerprint density at radius 2 is 1.02 bits per heavy atom. The van der Waals surface area contributed by atoms with E-state index in [0.717, 1.165) is 112 Å². The first-order chi connectivity index (χ1) is 20.9. The van der Waals surface area contributed by atoms with E-state index in [9.17, 15) is 14.4 Å². The van der Waals surface area contributed by atoms with Gasteiger partial charge in [-0.1, -0.05) is 121 Å². The van der Waals surface area contributed by atoms with Gasteiger partial charge >= 0.3 is 17.7 Å². The van der Waals surface area contributed by atoms with E-state index in [2.05, 4.69) is 27.7 Å². The number of rotatable bonds is 22. The number of carbonyl (C=O) groups excluding carboxylic acids is 2. The van der Waals surface area contributed by atoms with Crippen molar-refractivity contribution in [3.63, 3.8) is 0 Å². The third-order valence-corrected chi connectivity index (χ3v) is 7.94. The van der Waals surface area contributed by atoms with E-state index < -0.39 is 17.7 Å². The van der Waals surface area contributed by atoms with E-state index in [-0.39, 0.29) is 10.9 Å². The van der Waals surface area contributed by atoms with E-state index in [1.54, 1.807) is 21.9 Å². The average molecular weight is 623 g/mol. The van der Waals surface area contributed by atoms with Crippen molar-refractivity contribution in [1.29, 1.82) is 0 Å². The lowest BCUT2D eigenvalue weighted by Crippen LogP contribution is -2.46. The van der Waals surface area contributed by atoms with Crippen LogP contribution in [0.25, 0.3) is 10.9 Å². The molecule has 2 rings (SSSR count). The lowest BCUT2D eigenvalue weighted by molar-refractivity contribution is -0.0117. The molecule has 244 valence electrons. The molecule has 0 N–H and O–H groups in total. The fourth-order valence-corrected chi connectivity index (χ4v) is 5.23. The molecule has 10 heteroatoms. The van der Waals surface area contributed by atoms with Crippen LogP contribution in [-0.2, 0) is 0 Å². The van der Waals surface area contributed by atoms with E-state index >= 15 is 0 Å². The Bertz CT molecular complexity index is 1120. The first-order valence-electron chi connectivity index (χ1n) is 16.8. The normalized spacial score (nSPS) is 11.2. The van der Waals surface area contributed by atoms with Gasteiger partial charge in [-0.05, 0) is 48.7 Å². The molecule has 0 spiro atoms. The van der Waals surface area contributed by atoms with Gasteiger partial charge in [0.05, 0.1) is 5.39 Å². The summed E-state index contributed by atoms with van der Waals surface area (Å²) in [5, 5.41) is 0.602. The molecule has 1 heterocycles. The van der Waals surface area contributed by atoms with Crippen molar-refractivity contribution in [2.24, 2.45) is 0 Å². The molecule has 0 saturated carbocycles. The molecule has 0 aliphatic heterocycles. The fraction of sp³-hybridized carbons (Fsp3) is 0.727. The summed E-state index contributed by atoms with van der Waals surface area (Å²) in [6, 6.07) is 4.68. The molecular weight excluding hydrogens is 568 g/mol. The van der Waals surface area contributed by atoms with Gasteiger partial charge in [-0.3, -0.25) is 14.5 Å². The third kappa shape index (κ3) is 12.5. The van der Waals surface area contributed by atoms with Crippen LogP contribution < -0.4 is 15.2 Å². The predicted molar refractivity (Wildman–Crippen MR) is 175 cm³/mol. The van der Waals surface area contributed by atoms with Crippen molar-refractivity contribution in [1.82, 2.24) is 19.5 Å². The highest BCUT2D eigenvalue weighted by Crippen LogP contribution is 2.18. The van der Waals surface area contributed by atoms with E-state index in [4.69, 9.17) is 21.3 Å². The van der Waals surface area contributed by atoms with Crippen LogP contribution in [0.15, 0.2) is 23.0 Å². The van der Waals surface area contributed by atoms with E-state index in [0.29, 0.717) is 31.2 Å². The van der Waals surface area contributed by atoms with Crippen LogP contribution in [0.2, 0.25) is 5.02 Å². The summed E-state index contributed by atoms with van der Waals surface area (Å²) >= 11 is 6.28. The second-order valence-corrected chi connectivity index (χ2v) is 11.9. The van der Waals surface area contributed by atoms with Crippen LogP contribution in [0, 0.1) is 0 Å². The number of unbranched alkanes of at least 4 members (excludes halogenated alkanes) is 12. The molecule has 0 saturated heterocycles. The van der Waals surface area contributed by atoms with Crippen LogP contribution in [0.3, 0.4) is 0 Å². The summed E-state index contributed by atoms with van der Waals surface area (Å²) in [5.41, 5.74) is -0.338. The van der Waals surface area contributed by atoms with Crippen LogP contribution in [0.1, 0.15) is 130 Å². The fourth-order valence-electron chi connectivity index (χ4n) is 5.06. The molecule has 0 unspecified atom stereocenters. The Kier molecular flexibility index (Phi) is 17.9. The van der Waals surface area contributed by atoms with Crippen LogP contribution >= 0.6 is 11.6 Å². The predicted octanol–water partition coefficient (Wildman–Crippen LogP) is 8.48. The van der Waals surface area contributed by atoms with Crippen molar-refractivity contribution in [3.05, 3.63) is 33.6 Å². The van der Waals surface area contributed by atoms with E-state index in [1.165, 1.54) is 6.07 Å². The van der Waals surface area contributed by atoms with Crippen molar-refractivity contribution in [2.45, 2.75) is 130 Å². The second kappa shape index (κ2) is 21.1. The molecule has 9 nitrogen and oxygen atoms in total. The van der Waals surface area contributed by atoms with Gasteiger partial charge < -0.3 is 9.80 Å². The first-order valence-corrected chi connectivity index (χ1v) is 17.1. The molecule has 1 aromatic heterocycles. The third-order valence-electron chi connectivity index (χ3n) is 7.71. The topological polar surface area (TPSA) is 86.0 Å².